The van der Waals surface area contributed by atoms with Crippen LogP contribution < -0.4 is 16.8 Å². The lowest BCUT2D eigenvalue weighted by Crippen LogP contribution is -2.52. The summed E-state index contributed by atoms with van der Waals surface area (Å²) < 4.78 is 5.56. The maximum atomic E-state index is 13.0. The van der Waals surface area contributed by atoms with E-state index in [1.807, 2.05) is 51.1 Å². The molecule has 1 aliphatic heterocycles. The molecule has 5 N–H and O–H groups in total. The molecule has 142 valence electrons. The standard InChI is InChI=1S/C19H29N5O2/c1-5-26-12-15(13-9-7-6-8-10-13)23-18(25)24-11-14(17(21)22-4)16(20)19(24,2)3/h6-10,15H,5,11-12,20H2,1-4H3,(H2,21,22)(H,23,25). The lowest BCUT2D eigenvalue weighted by atomic mass is 10.0. The SMILES string of the molecule is CCOCC(NC(=O)N1CC(C(N)=NC)=C(N)C1(C)C)c1ccccc1. The van der Waals surface area contributed by atoms with Crippen LogP contribution in [-0.2, 0) is 4.74 Å². The van der Waals surface area contributed by atoms with Crippen LogP contribution in [0.1, 0.15) is 32.4 Å². The van der Waals surface area contributed by atoms with Gasteiger partial charge in [-0.25, -0.2) is 4.79 Å². The van der Waals surface area contributed by atoms with Gasteiger partial charge in [-0.3, -0.25) is 4.99 Å². The first-order chi connectivity index (χ1) is 12.3. The van der Waals surface area contributed by atoms with Crippen LogP contribution in [0, 0.1) is 0 Å². The van der Waals surface area contributed by atoms with E-state index >= 15 is 0 Å². The second-order valence-corrected chi connectivity index (χ2v) is 6.72. The summed E-state index contributed by atoms with van der Waals surface area (Å²) in [5.74, 6) is 0.361. The lowest BCUT2D eigenvalue weighted by Gasteiger charge is -2.34. The first kappa shape index (κ1) is 19.8. The van der Waals surface area contributed by atoms with Gasteiger partial charge in [0.2, 0.25) is 0 Å². The number of benzene rings is 1. The fraction of sp³-hybridized carbons (Fsp3) is 0.474. The van der Waals surface area contributed by atoms with Crippen LogP contribution in [0.4, 0.5) is 4.79 Å². The second-order valence-electron chi connectivity index (χ2n) is 6.72. The Bertz CT molecular complexity index is 697. The van der Waals surface area contributed by atoms with Crippen molar-refractivity contribution in [3.8, 4) is 0 Å². The highest BCUT2D eigenvalue weighted by molar-refractivity contribution is 6.00. The monoisotopic (exact) mass is 359 g/mol. The van der Waals surface area contributed by atoms with E-state index in [0.717, 1.165) is 5.56 Å². The smallest absolute Gasteiger partial charge is 0.319 e. The summed E-state index contributed by atoms with van der Waals surface area (Å²) in [7, 11) is 1.61. The molecule has 2 amide bonds. The molecular formula is C19H29N5O2. The number of rotatable bonds is 6. The molecule has 7 nitrogen and oxygen atoms in total. The largest absolute Gasteiger partial charge is 0.400 e. The molecule has 1 aliphatic rings. The average Bonchev–Trinajstić information content (AvgIpc) is 2.88. The number of nitrogens with zero attached hydrogens (tertiary/aromatic N) is 2. The van der Waals surface area contributed by atoms with Crippen LogP contribution in [0.5, 0.6) is 0 Å². The third-order valence-corrected chi connectivity index (χ3v) is 4.76. The highest BCUT2D eigenvalue weighted by Crippen LogP contribution is 2.31. The zero-order valence-electron chi connectivity index (χ0n) is 16.0. The van der Waals surface area contributed by atoms with E-state index in [-0.39, 0.29) is 12.1 Å². The van der Waals surface area contributed by atoms with E-state index in [1.54, 1.807) is 11.9 Å². The quantitative estimate of drug-likeness (QED) is 0.531. The Labute approximate surface area is 155 Å². The third kappa shape index (κ3) is 3.99. The van der Waals surface area contributed by atoms with Crippen molar-refractivity contribution in [1.29, 1.82) is 0 Å². The van der Waals surface area contributed by atoms with Gasteiger partial charge in [0.1, 0.15) is 5.84 Å². The van der Waals surface area contributed by atoms with Crippen molar-refractivity contribution in [1.82, 2.24) is 10.2 Å². The van der Waals surface area contributed by atoms with Crippen LogP contribution in [0.15, 0.2) is 46.6 Å². The molecule has 7 heteroatoms. The van der Waals surface area contributed by atoms with Gasteiger partial charge in [0.05, 0.1) is 24.7 Å². The van der Waals surface area contributed by atoms with Gasteiger partial charge in [-0.1, -0.05) is 30.3 Å². The van der Waals surface area contributed by atoms with Crippen molar-refractivity contribution in [2.45, 2.75) is 32.4 Å². The molecule has 0 spiro atoms. The second kappa shape index (κ2) is 8.23. The topological polar surface area (TPSA) is 106 Å². The summed E-state index contributed by atoms with van der Waals surface area (Å²) in [6, 6.07) is 9.30. The van der Waals surface area contributed by atoms with Crippen LogP contribution in [0.25, 0.3) is 0 Å². The first-order valence-electron chi connectivity index (χ1n) is 8.75. The molecule has 1 aromatic carbocycles. The van der Waals surface area contributed by atoms with E-state index in [4.69, 9.17) is 16.2 Å². The maximum absolute atomic E-state index is 13.0. The van der Waals surface area contributed by atoms with Gasteiger partial charge in [-0.2, -0.15) is 0 Å². The number of hydrogen-bond acceptors (Lipinski definition) is 4. The van der Waals surface area contributed by atoms with Crippen LogP contribution >= 0.6 is 0 Å². The summed E-state index contributed by atoms with van der Waals surface area (Å²) in [6.07, 6.45) is 0. The van der Waals surface area contributed by atoms with Gasteiger partial charge in [-0.15, -0.1) is 0 Å². The molecule has 0 radical (unpaired) electrons. The molecule has 0 saturated heterocycles. The lowest BCUT2D eigenvalue weighted by molar-refractivity contribution is 0.116. The van der Waals surface area contributed by atoms with Crippen LogP contribution in [0.3, 0.4) is 0 Å². The minimum atomic E-state index is -0.651. The highest BCUT2D eigenvalue weighted by atomic mass is 16.5. The van der Waals surface area contributed by atoms with Gasteiger partial charge in [0, 0.05) is 24.9 Å². The molecule has 2 rings (SSSR count). The minimum absolute atomic E-state index is 0.217. The summed E-state index contributed by atoms with van der Waals surface area (Å²) in [5.41, 5.74) is 13.8. The number of amides is 2. The van der Waals surface area contributed by atoms with Gasteiger partial charge >= 0.3 is 6.03 Å². The fourth-order valence-corrected chi connectivity index (χ4v) is 3.00. The number of aliphatic imine (C=N–C) groups is 1. The Morgan fingerprint density at radius 3 is 2.62 bits per heavy atom. The number of nitrogens with two attached hydrogens (primary N) is 2. The minimum Gasteiger partial charge on any atom is -0.400 e. The Hall–Kier alpha value is -2.54. The summed E-state index contributed by atoms with van der Waals surface area (Å²) in [4.78, 5) is 18.7. The molecule has 0 fully saturated rings. The normalized spacial score (nSPS) is 18.2. The number of urea groups is 1. The van der Waals surface area contributed by atoms with Gasteiger partial charge in [0.15, 0.2) is 0 Å². The molecule has 1 heterocycles. The van der Waals surface area contributed by atoms with Gasteiger partial charge < -0.3 is 26.4 Å². The number of ether oxygens (including phenoxy) is 1. The third-order valence-electron chi connectivity index (χ3n) is 4.76. The number of carbonyl (C=O) groups excluding carboxylic acids is 1. The van der Waals surface area contributed by atoms with Crippen LogP contribution in [-0.4, -0.2) is 49.1 Å². The summed E-state index contributed by atoms with van der Waals surface area (Å²) in [5, 5.41) is 3.06. The van der Waals surface area contributed by atoms with Gasteiger partial charge in [-0.05, 0) is 26.3 Å². The molecule has 0 aromatic heterocycles. The van der Waals surface area contributed by atoms with E-state index in [0.29, 0.717) is 36.9 Å². The zero-order valence-corrected chi connectivity index (χ0v) is 16.0. The van der Waals surface area contributed by atoms with Gasteiger partial charge in [0.25, 0.3) is 0 Å². The van der Waals surface area contributed by atoms with Crippen molar-refractivity contribution in [3.63, 3.8) is 0 Å². The molecule has 0 aliphatic carbocycles. The van der Waals surface area contributed by atoms with Crippen molar-refractivity contribution < 1.29 is 9.53 Å². The number of carbonyl (C=O) groups is 1. The Morgan fingerprint density at radius 2 is 2.04 bits per heavy atom. The molecule has 1 atom stereocenters. The highest BCUT2D eigenvalue weighted by Gasteiger charge is 2.42. The van der Waals surface area contributed by atoms with E-state index in [1.165, 1.54) is 0 Å². The Kier molecular flexibility index (Phi) is 6.26. The first-order valence-corrected chi connectivity index (χ1v) is 8.75. The predicted molar refractivity (Wildman–Crippen MR) is 104 cm³/mol. The Balaban J connectivity index is 2.19. The van der Waals surface area contributed by atoms with Crippen molar-refractivity contribution >= 4 is 11.9 Å². The van der Waals surface area contributed by atoms with Crippen molar-refractivity contribution in [3.05, 3.63) is 47.2 Å². The molecule has 1 aromatic rings. The van der Waals surface area contributed by atoms with E-state index in [9.17, 15) is 4.79 Å². The Morgan fingerprint density at radius 1 is 1.38 bits per heavy atom. The maximum Gasteiger partial charge on any atom is 0.319 e. The predicted octanol–water partition coefficient (Wildman–Crippen LogP) is 1.77. The number of amidine groups is 1. The number of hydrogen-bond donors (Lipinski definition) is 3. The fourth-order valence-electron chi connectivity index (χ4n) is 3.00. The molecule has 0 bridgehead atoms. The number of nitrogens with one attached hydrogen (secondary N) is 1. The summed E-state index contributed by atoms with van der Waals surface area (Å²) in [6.45, 7) is 7.03. The zero-order chi connectivity index (χ0) is 19.3. The molecule has 1 unspecified atom stereocenters. The molecule has 0 saturated carbocycles. The molecule has 26 heavy (non-hydrogen) atoms. The molecular weight excluding hydrogens is 330 g/mol. The van der Waals surface area contributed by atoms with E-state index in [2.05, 4.69) is 10.3 Å². The van der Waals surface area contributed by atoms with Crippen LogP contribution in [0.2, 0.25) is 0 Å². The van der Waals surface area contributed by atoms with Crippen molar-refractivity contribution in [2.24, 2.45) is 16.5 Å². The van der Waals surface area contributed by atoms with E-state index < -0.39 is 5.54 Å². The average molecular weight is 359 g/mol. The van der Waals surface area contributed by atoms with Crippen molar-refractivity contribution in [2.75, 3.05) is 26.8 Å². The summed E-state index contributed by atoms with van der Waals surface area (Å²) >= 11 is 0.